The van der Waals surface area contributed by atoms with Gasteiger partial charge in [-0.15, -0.1) is 0 Å². The van der Waals surface area contributed by atoms with E-state index in [1.807, 2.05) is 69.3 Å². The number of H-pyrrole nitrogens is 1. The summed E-state index contributed by atoms with van der Waals surface area (Å²) in [6, 6.07) is 15.7. The van der Waals surface area contributed by atoms with Gasteiger partial charge in [0.1, 0.15) is 23.7 Å². The fourth-order valence-electron chi connectivity index (χ4n) is 3.46. The van der Waals surface area contributed by atoms with Gasteiger partial charge in [0.25, 0.3) is 0 Å². The van der Waals surface area contributed by atoms with E-state index in [4.69, 9.17) is 14.2 Å². The third kappa shape index (κ3) is 7.00. The van der Waals surface area contributed by atoms with Gasteiger partial charge in [0, 0.05) is 17.4 Å². The molecule has 0 unspecified atom stereocenters. The van der Waals surface area contributed by atoms with Crippen molar-refractivity contribution in [2.75, 3.05) is 13.2 Å². The van der Waals surface area contributed by atoms with Crippen LogP contribution in [0.15, 0.2) is 48.5 Å². The van der Waals surface area contributed by atoms with Gasteiger partial charge in [-0.2, -0.15) is 0 Å². The van der Waals surface area contributed by atoms with Crippen LogP contribution in [-0.2, 0) is 22.5 Å². The van der Waals surface area contributed by atoms with Crippen LogP contribution in [0, 0.1) is 0 Å². The summed E-state index contributed by atoms with van der Waals surface area (Å²) in [6.45, 7) is 8.41. The molecular formula is C26H32N2O5. The minimum absolute atomic E-state index is 0.291. The molecule has 176 valence electrons. The summed E-state index contributed by atoms with van der Waals surface area (Å²) in [5.74, 6) is 0.324. The van der Waals surface area contributed by atoms with E-state index in [1.54, 1.807) is 6.92 Å². The maximum atomic E-state index is 12.6. The smallest absolute Gasteiger partial charge is 0.407 e. The second-order valence-corrected chi connectivity index (χ2v) is 8.71. The van der Waals surface area contributed by atoms with Crippen molar-refractivity contribution in [1.82, 2.24) is 10.3 Å². The van der Waals surface area contributed by atoms with Gasteiger partial charge in [0.15, 0.2) is 0 Å². The molecule has 0 bridgehead atoms. The van der Waals surface area contributed by atoms with Crippen molar-refractivity contribution < 1.29 is 23.8 Å². The number of esters is 1. The molecule has 0 radical (unpaired) electrons. The van der Waals surface area contributed by atoms with E-state index in [0.29, 0.717) is 44.0 Å². The zero-order chi connectivity index (χ0) is 23.8. The quantitative estimate of drug-likeness (QED) is 0.336. The fourth-order valence-corrected chi connectivity index (χ4v) is 3.46. The highest BCUT2D eigenvalue weighted by molar-refractivity contribution is 5.98. The molecule has 7 nitrogen and oxygen atoms in total. The maximum absolute atomic E-state index is 12.6. The Bertz CT molecular complexity index is 1080. The standard InChI is InChI=1S/C26H32N2O5/c1-5-31-24(29)23-20(12-9-15-27-25(30)33-26(2,3)4)21-16-19(13-14-22(21)28-23)32-17-18-10-7-6-8-11-18/h6-8,10-11,13-14,16,28H,5,9,12,15,17H2,1-4H3,(H,27,30). The molecule has 2 aromatic carbocycles. The molecule has 3 aromatic rings. The number of carbonyl (C=O) groups excluding carboxylic acids is 2. The average Bonchev–Trinajstić information content (AvgIpc) is 3.13. The number of aromatic nitrogens is 1. The van der Waals surface area contributed by atoms with E-state index in [9.17, 15) is 9.59 Å². The number of aryl methyl sites for hydroxylation is 1. The van der Waals surface area contributed by atoms with Crippen molar-refractivity contribution in [3.8, 4) is 5.75 Å². The molecule has 0 atom stereocenters. The highest BCUT2D eigenvalue weighted by Crippen LogP contribution is 2.29. The molecule has 3 rings (SSSR count). The Labute approximate surface area is 194 Å². The third-order valence-corrected chi connectivity index (χ3v) is 4.88. The van der Waals surface area contributed by atoms with Crippen LogP contribution in [0.5, 0.6) is 5.75 Å². The van der Waals surface area contributed by atoms with Crippen molar-refractivity contribution in [3.05, 3.63) is 65.4 Å². The summed E-state index contributed by atoms with van der Waals surface area (Å²) in [4.78, 5) is 27.6. The summed E-state index contributed by atoms with van der Waals surface area (Å²) >= 11 is 0. The van der Waals surface area contributed by atoms with Crippen molar-refractivity contribution >= 4 is 23.0 Å². The molecule has 0 aliphatic carbocycles. The maximum Gasteiger partial charge on any atom is 0.407 e. The second kappa shape index (κ2) is 10.9. The van der Waals surface area contributed by atoms with Crippen molar-refractivity contribution in [3.63, 3.8) is 0 Å². The van der Waals surface area contributed by atoms with Gasteiger partial charge >= 0.3 is 12.1 Å². The van der Waals surface area contributed by atoms with Crippen molar-refractivity contribution in [1.29, 1.82) is 0 Å². The largest absolute Gasteiger partial charge is 0.489 e. The van der Waals surface area contributed by atoms with Gasteiger partial charge in [0.2, 0.25) is 0 Å². The molecule has 0 aliphatic heterocycles. The van der Waals surface area contributed by atoms with Crippen LogP contribution >= 0.6 is 0 Å². The van der Waals surface area contributed by atoms with Gasteiger partial charge < -0.3 is 24.5 Å². The number of ether oxygens (including phenoxy) is 3. The molecule has 0 saturated carbocycles. The number of amides is 1. The number of carbonyl (C=O) groups is 2. The first kappa shape index (κ1) is 24.2. The first-order chi connectivity index (χ1) is 15.8. The topological polar surface area (TPSA) is 89.7 Å². The molecule has 33 heavy (non-hydrogen) atoms. The highest BCUT2D eigenvalue weighted by Gasteiger charge is 2.20. The zero-order valence-corrected chi connectivity index (χ0v) is 19.7. The van der Waals surface area contributed by atoms with Crippen LogP contribution in [0.4, 0.5) is 4.79 Å². The molecule has 2 N–H and O–H groups in total. The molecule has 7 heteroatoms. The van der Waals surface area contributed by atoms with Gasteiger partial charge in [-0.05, 0) is 69.9 Å². The Morgan fingerprint density at radius 3 is 2.52 bits per heavy atom. The molecule has 1 amide bonds. The SMILES string of the molecule is CCOC(=O)c1[nH]c2ccc(OCc3ccccc3)cc2c1CCCNC(=O)OC(C)(C)C. The summed E-state index contributed by atoms with van der Waals surface area (Å²) in [5.41, 5.74) is 2.64. The predicted molar refractivity (Wildman–Crippen MR) is 128 cm³/mol. The van der Waals surface area contributed by atoms with Crippen LogP contribution in [-0.4, -0.2) is 35.8 Å². The lowest BCUT2D eigenvalue weighted by Gasteiger charge is -2.19. The molecule has 1 heterocycles. The van der Waals surface area contributed by atoms with E-state index in [0.717, 1.165) is 22.0 Å². The van der Waals surface area contributed by atoms with Gasteiger partial charge in [0.05, 0.1) is 6.61 Å². The number of alkyl carbamates (subject to hydrolysis) is 1. The van der Waals surface area contributed by atoms with Crippen LogP contribution in [0.2, 0.25) is 0 Å². The fraction of sp³-hybridized carbons (Fsp3) is 0.385. The van der Waals surface area contributed by atoms with E-state index < -0.39 is 17.7 Å². The number of benzene rings is 2. The third-order valence-electron chi connectivity index (χ3n) is 4.88. The predicted octanol–water partition coefficient (Wildman–Crippen LogP) is 5.38. The number of nitrogens with one attached hydrogen (secondary N) is 2. The summed E-state index contributed by atoms with van der Waals surface area (Å²) < 4.78 is 16.5. The van der Waals surface area contributed by atoms with Crippen molar-refractivity contribution in [2.45, 2.75) is 52.7 Å². The van der Waals surface area contributed by atoms with Crippen LogP contribution in [0.3, 0.4) is 0 Å². The van der Waals surface area contributed by atoms with Crippen LogP contribution in [0.1, 0.15) is 55.7 Å². The van der Waals surface area contributed by atoms with E-state index in [2.05, 4.69) is 10.3 Å². The Morgan fingerprint density at radius 1 is 1.06 bits per heavy atom. The first-order valence-electron chi connectivity index (χ1n) is 11.2. The number of hydrogen-bond donors (Lipinski definition) is 2. The van der Waals surface area contributed by atoms with Crippen molar-refractivity contribution in [2.24, 2.45) is 0 Å². The first-order valence-corrected chi connectivity index (χ1v) is 11.2. The van der Waals surface area contributed by atoms with E-state index in [-0.39, 0.29) is 0 Å². The van der Waals surface area contributed by atoms with E-state index in [1.165, 1.54) is 0 Å². The number of aromatic amines is 1. The summed E-state index contributed by atoms with van der Waals surface area (Å²) in [6.07, 6.45) is 0.753. The lowest BCUT2D eigenvalue weighted by molar-refractivity contribution is 0.0509. The summed E-state index contributed by atoms with van der Waals surface area (Å²) in [5, 5.41) is 3.66. The molecule has 1 aromatic heterocycles. The number of fused-ring (bicyclic) bond motifs is 1. The lowest BCUT2D eigenvalue weighted by atomic mass is 10.0. The minimum atomic E-state index is -0.547. The number of rotatable bonds is 9. The Hall–Kier alpha value is -3.48. The minimum Gasteiger partial charge on any atom is -0.489 e. The molecule has 0 saturated heterocycles. The molecule has 0 fully saturated rings. The van der Waals surface area contributed by atoms with E-state index >= 15 is 0 Å². The normalized spacial score (nSPS) is 11.3. The van der Waals surface area contributed by atoms with Crippen LogP contribution in [0.25, 0.3) is 10.9 Å². The molecule has 0 spiro atoms. The average molecular weight is 453 g/mol. The molecule has 0 aliphatic rings. The van der Waals surface area contributed by atoms with Gasteiger partial charge in [-0.25, -0.2) is 9.59 Å². The second-order valence-electron chi connectivity index (χ2n) is 8.71. The lowest BCUT2D eigenvalue weighted by Crippen LogP contribution is -2.33. The van der Waals surface area contributed by atoms with Crippen LogP contribution < -0.4 is 10.1 Å². The zero-order valence-electron chi connectivity index (χ0n) is 19.7. The Kier molecular flexibility index (Phi) is 7.98. The highest BCUT2D eigenvalue weighted by atomic mass is 16.6. The monoisotopic (exact) mass is 452 g/mol. The van der Waals surface area contributed by atoms with Gasteiger partial charge in [-0.1, -0.05) is 30.3 Å². The van der Waals surface area contributed by atoms with Gasteiger partial charge in [-0.3, -0.25) is 0 Å². The Morgan fingerprint density at radius 2 is 1.82 bits per heavy atom. The summed E-state index contributed by atoms with van der Waals surface area (Å²) in [7, 11) is 0. The number of hydrogen-bond acceptors (Lipinski definition) is 5. The Balaban J connectivity index is 1.74. The molecular weight excluding hydrogens is 420 g/mol.